The number of nitrogens with two attached hydrogens (primary N) is 1. The molecule has 0 unspecified atom stereocenters. The molecule has 0 saturated heterocycles. The predicted molar refractivity (Wildman–Crippen MR) is 107 cm³/mol. The van der Waals surface area contributed by atoms with Crippen LogP contribution in [-0.4, -0.2) is 30.9 Å². The maximum Gasteiger partial charge on any atom is 0.242 e. The van der Waals surface area contributed by atoms with Crippen LogP contribution in [0.4, 0.5) is 0 Å². The number of nitrogens with zero attached hydrogens (tertiary/aromatic N) is 2. The van der Waals surface area contributed by atoms with Crippen molar-refractivity contribution in [3.63, 3.8) is 0 Å². The molecule has 2 heterocycles. The third kappa shape index (κ3) is 2.13. The van der Waals surface area contributed by atoms with Gasteiger partial charge in [0.25, 0.3) is 0 Å². The van der Waals surface area contributed by atoms with Crippen molar-refractivity contribution < 1.29 is 9.53 Å². The molecule has 2 N–H and O–H groups in total. The van der Waals surface area contributed by atoms with Gasteiger partial charge in [-0.25, -0.2) is 4.99 Å². The smallest absolute Gasteiger partial charge is 0.242 e. The van der Waals surface area contributed by atoms with Gasteiger partial charge in [-0.05, 0) is 71.1 Å². The molecule has 0 bridgehead atoms. The van der Waals surface area contributed by atoms with Gasteiger partial charge in [0.15, 0.2) is 5.96 Å². The van der Waals surface area contributed by atoms with Crippen molar-refractivity contribution in [3.05, 3.63) is 50.1 Å². The fourth-order valence-electron chi connectivity index (χ4n) is 4.34. The molecule has 1 aliphatic heterocycles. The van der Waals surface area contributed by atoms with E-state index in [2.05, 4.69) is 15.9 Å². The van der Waals surface area contributed by atoms with Gasteiger partial charge in [-0.1, -0.05) is 6.07 Å². The number of amides is 1. The van der Waals surface area contributed by atoms with Crippen LogP contribution in [0.3, 0.4) is 0 Å². The number of carbonyl (C=O) groups is 1. The number of fused-ring (bicyclic) bond motifs is 2. The lowest BCUT2D eigenvalue weighted by Crippen LogP contribution is -2.62. The predicted octanol–water partition coefficient (Wildman–Crippen LogP) is 3.41. The van der Waals surface area contributed by atoms with Crippen LogP contribution in [0.1, 0.15) is 29.3 Å². The first-order valence-electron chi connectivity index (χ1n) is 8.40. The van der Waals surface area contributed by atoms with Gasteiger partial charge in [0.2, 0.25) is 5.91 Å². The molecule has 4 rings (SSSR count). The van der Waals surface area contributed by atoms with Gasteiger partial charge in [0.1, 0.15) is 16.7 Å². The molecular formula is C19H20BrN3O2S. The van der Waals surface area contributed by atoms with E-state index in [1.165, 1.54) is 4.90 Å². The van der Waals surface area contributed by atoms with Crippen molar-refractivity contribution in [1.82, 2.24) is 4.90 Å². The summed E-state index contributed by atoms with van der Waals surface area (Å²) < 4.78 is 6.38. The van der Waals surface area contributed by atoms with Crippen molar-refractivity contribution in [2.45, 2.75) is 30.7 Å². The number of carbonyl (C=O) groups excluding carboxylic acids is 1. The van der Waals surface area contributed by atoms with Gasteiger partial charge in [-0.15, -0.1) is 11.3 Å². The quantitative estimate of drug-likeness (QED) is 0.788. The molecule has 0 fully saturated rings. The van der Waals surface area contributed by atoms with E-state index in [1.807, 2.05) is 37.3 Å². The summed E-state index contributed by atoms with van der Waals surface area (Å²) in [6.07, 6.45) is 1.51. The van der Waals surface area contributed by atoms with E-state index >= 15 is 0 Å². The fraction of sp³-hybridized carbons (Fsp3) is 0.368. The Morgan fingerprint density at radius 2 is 2.12 bits per heavy atom. The topological polar surface area (TPSA) is 67.9 Å². The highest BCUT2D eigenvalue weighted by molar-refractivity contribution is 9.11. The number of aliphatic imine (C=N–C) groups is 1. The monoisotopic (exact) mass is 433 g/mol. The second kappa shape index (κ2) is 5.82. The third-order valence-electron chi connectivity index (χ3n) is 5.78. The number of guanidine groups is 1. The molecule has 26 heavy (non-hydrogen) atoms. The molecule has 1 spiro atoms. The van der Waals surface area contributed by atoms with Crippen LogP contribution in [0.15, 0.2) is 39.1 Å². The molecule has 7 heteroatoms. The molecular weight excluding hydrogens is 414 g/mol. The number of halogens is 1. The molecule has 2 aromatic rings. The van der Waals surface area contributed by atoms with Crippen LogP contribution in [0, 0.1) is 0 Å². The zero-order valence-corrected chi connectivity index (χ0v) is 17.3. The fourth-order valence-corrected chi connectivity index (χ4v) is 5.90. The average Bonchev–Trinajstić information content (AvgIpc) is 3.23. The van der Waals surface area contributed by atoms with Gasteiger partial charge in [0, 0.05) is 11.9 Å². The largest absolute Gasteiger partial charge is 0.497 e. The minimum Gasteiger partial charge on any atom is -0.497 e. The van der Waals surface area contributed by atoms with Crippen molar-refractivity contribution in [2.75, 3.05) is 14.2 Å². The Morgan fingerprint density at radius 1 is 1.35 bits per heavy atom. The zero-order chi connectivity index (χ0) is 18.7. The van der Waals surface area contributed by atoms with Gasteiger partial charge < -0.3 is 10.5 Å². The third-order valence-corrected chi connectivity index (χ3v) is 7.61. The maximum atomic E-state index is 13.6. The summed E-state index contributed by atoms with van der Waals surface area (Å²) in [4.78, 5) is 21.0. The Kier molecular flexibility index (Phi) is 3.93. The number of rotatable bonds is 2. The highest BCUT2D eigenvalue weighted by Gasteiger charge is 2.62. The zero-order valence-electron chi connectivity index (χ0n) is 14.9. The van der Waals surface area contributed by atoms with Gasteiger partial charge >= 0.3 is 0 Å². The van der Waals surface area contributed by atoms with Gasteiger partial charge in [0.05, 0.1) is 10.9 Å². The first-order chi connectivity index (χ1) is 12.3. The molecule has 1 aromatic heterocycles. The normalized spacial score (nSPS) is 27.6. The number of thiophene rings is 1. The van der Waals surface area contributed by atoms with Crippen molar-refractivity contribution in [3.8, 4) is 5.75 Å². The molecule has 1 aliphatic carbocycles. The second-order valence-electron chi connectivity index (χ2n) is 6.94. The SMILES string of the molecule is COc1ccc2c(c1)CC[C@@]21C(=O)N(C)C(N)=N[C@]1(C)c1ccc(Br)s1. The van der Waals surface area contributed by atoms with Gasteiger partial charge in [-0.3, -0.25) is 9.69 Å². The summed E-state index contributed by atoms with van der Waals surface area (Å²) in [6, 6.07) is 10.0. The molecule has 2 atom stereocenters. The van der Waals surface area contributed by atoms with Crippen molar-refractivity contribution in [2.24, 2.45) is 10.7 Å². The van der Waals surface area contributed by atoms with E-state index in [4.69, 9.17) is 15.5 Å². The van der Waals surface area contributed by atoms with Crippen molar-refractivity contribution in [1.29, 1.82) is 0 Å². The van der Waals surface area contributed by atoms with E-state index < -0.39 is 11.0 Å². The average molecular weight is 434 g/mol. The standard InChI is InChI=1S/C19H20BrN3O2S/c1-18(14-6-7-15(20)26-14)19(16(24)23(2)17(21)22-18)9-8-11-10-12(25-3)4-5-13(11)19/h4-7,10H,8-9H2,1-3H3,(H2,21,22)/t18-,19+/m1/s1. The van der Waals surface area contributed by atoms with Crippen LogP contribution in [0.2, 0.25) is 0 Å². The van der Waals surface area contributed by atoms with Crippen LogP contribution in [0.25, 0.3) is 0 Å². The summed E-state index contributed by atoms with van der Waals surface area (Å²) in [7, 11) is 3.36. The Morgan fingerprint density at radius 3 is 2.77 bits per heavy atom. The lowest BCUT2D eigenvalue weighted by Gasteiger charge is -2.48. The number of likely N-dealkylation sites (N-methyl/N-ethyl adjacent to an activating group) is 1. The summed E-state index contributed by atoms with van der Waals surface area (Å²) in [5.74, 6) is 1.07. The molecule has 1 amide bonds. The lowest BCUT2D eigenvalue weighted by molar-refractivity contribution is -0.136. The first-order valence-corrected chi connectivity index (χ1v) is 10.0. The van der Waals surface area contributed by atoms with E-state index in [9.17, 15) is 4.79 Å². The maximum absolute atomic E-state index is 13.6. The van der Waals surface area contributed by atoms with Crippen LogP contribution in [-0.2, 0) is 22.2 Å². The Labute approximate surface area is 165 Å². The van der Waals surface area contributed by atoms with E-state index in [0.717, 1.165) is 32.0 Å². The highest BCUT2D eigenvalue weighted by Crippen LogP contribution is 2.57. The lowest BCUT2D eigenvalue weighted by atomic mass is 9.64. The van der Waals surface area contributed by atoms with Crippen LogP contribution >= 0.6 is 27.3 Å². The Balaban J connectivity index is 2.01. The number of aryl methyl sites for hydroxylation is 1. The van der Waals surface area contributed by atoms with E-state index in [0.29, 0.717) is 6.42 Å². The molecule has 2 aliphatic rings. The summed E-state index contributed by atoms with van der Waals surface area (Å²) in [5.41, 5.74) is 6.78. The molecule has 0 saturated carbocycles. The van der Waals surface area contributed by atoms with Crippen LogP contribution in [0.5, 0.6) is 5.75 Å². The van der Waals surface area contributed by atoms with E-state index in [-0.39, 0.29) is 11.9 Å². The number of benzene rings is 1. The first kappa shape index (κ1) is 17.5. The van der Waals surface area contributed by atoms with Crippen LogP contribution < -0.4 is 10.5 Å². The Hall–Kier alpha value is -1.86. The number of hydrogen-bond acceptors (Lipinski definition) is 5. The number of methoxy groups -OCH3 is 1. The summed E-state index contributed by atoms with van der Waals surface area (Å²) in [5, 5.41) is 0. The summed E-state index contributed by atoms with van der Waals surface area (Å²) in [6.45, 7) is 2.03. The Bertz CT molecular complexity index is 941. The number of hydrogen-bond donors (Lipinski definition) is 1. The van der Waals surface area contributed by atoms with E-state index in [1.54, 1.807) is 25.5 Å². The molecule has 136 valence electrons. The molecule has 1 aromatic carbocycles. The van der Waals surface area contributed by atoms with Gasteiger partial charge in [-0.2, -0.15) is 0 Å². The van der Waals surface area contributed by atoms with Crippen molar-refractivity contribution >= 4 is 39.1 Å². The minimum atomic E-state index is -0.767. The number of ether oxygens (including phenoxy) is 1. The second-order valence-corrected chi connectivity index (χ2v) is 9.40. The molecule has 0 radical (unpaired) electrons. The summed E-state index contributed by atoms with van der Waals surface area (Å²) >= 11 is 5.14. The highest BCUT2D eigenvalue weighted by atomic mass is 79.9. The minimum absolute atomic E-state index is 0.000870. The molecule has 5 nitrogen and oxygen atoms in total.